The molecule has 0 aromatic carbocycles. The zero-order chi connectivity index (χ0) is 15.1. The van der Waals surface area contributed by atoms with Crippen LogP contribution < -0.4 is 0 Å². The molecule has 0 fully saturated rings. The minimum atomic E-state index is -1.84. The predicted molar refractivity (Wildman–Crippen MR) is 79.2 cm³/mol. The van der Waals surface area contributed by atoms with E-state index >= 15 is 0 Å². The first-order valence-corrected chi connectivity index (χ1v) is 10.4. The quantitative estimate of drug-likeness (QED) is 0.296. The Balaban J connectivity index is 5.49. The average Bonchev–Trinajstić information content (AvgIpc) is 2.27. The van der Waals surface area contributed by atoms with Gasteiger partial charge in [0.1, 0.15) is 5.57 Å². The maximum atomic E-state index is 12.1. The van der Waals surface area contributed by atoms with Crippen molar-refractivity contribution < 1.29 is 18.7 Å². The molecule has 0 aliphatic carbocycles. The van der Waals surface area contributed by atoms with Crippen LogP contribution in [-0.4, -0.2) is 27.5 Å². The molecule has 1 atom stereocenters. The Bertz CT molecular complexity index is 318. The van der Waals surface area contributed by atoms with Crippen molar-refractivity contribution in [3.8, 4) is 0 Å². The van der Waals surface area contributed by atoms with E-state index in [0.29, 0.717) is 24.7 Å². The number of carbonyl (C=O) groups is 1. The molecule has 0 N–H and O–H groups in total. The van der Waals surface area contributed by atoms with E-state index in [4.69, 9.17) is 13.9 Å². The van der Waals surface area contributed by atoms with Crippen LogP contribution >= 0.6 is 0 Å². The highest BCUT2D eigenvalue weighted by Gasteiger charge is 2.28. The summed E-state index contributed by atoms with van der Waals surface area (Å²) < 4.78 is 16.6. The van der Waals surface area contributed by atoms with Gasteiger partial charge in [-0.15, -0.1) is 0 Å². The van der Waals surface area contributed by atoms with Crippen LogP contribution in [0.1, 0.15) is 34.1 Å². The second-order valence-corrected chi connectivity index (χ2v) is 9.81. The summed E-state index contributed by atoms with van der Waals surface area (Å²) in [6, 6.07) is 0. The summed E-state index contributed by atoms with van der Waals surface area (Å²) >= 11 is 0. The third-order valence-corrected chi connectivity index (χ3v) is 3.29. The highest BCUT2D eigenvalue weighted by Crippen LogP contribution is 2.24. The van der Waals surface area contributed by atoms with E-state index in [1.807, 2.05) is 20.8 Å². The molecule has 0 aromatic heterocycles. The topological polar surface area (TPSA) is 44.8 Å². The smallest absolute Gasteiger partial charge is 0.341 e. The molecule has 0 aromatic rings. The summed E-state index contributed by atoms with van der Waals surface area (Å²) in [7, 11) is -1.84. The molecule has 0 amide bonds. The Morgan fingerprint density at radius 2 is 1.58 bits per heavy atom. The van der Waals surface area contributed by atoms with E-state index in [2.05, 4.69) is 19.6 Å². The SMILES string of the molecule is CCOC(=O)/C(=C(\OCC)O[Si](C)(C)C)C(C)CC. The summed E-state index contributed by atoms with van der Waals surface area (Å²) in [6.07, 6.45) is 0.833. The van der Waals surface area contributed by atoms with Gasteiger partial charge in [-0.2, -0.15) is 0 Å². The largest absolute Gasteiger partial charge is 0.519 e. The van der Waals surface area contributed by atoms with Crippen molar-refractivity contribution in [2.75, 3.05) is 13.2 Å². The van der Waals surface area contributed by atoms with Gasteiger partial charge in [0, 0.05) is 0 Å². The number of hydrogen-bond acceptors (Lipinski definition) is 4. The van der Waals surface area contributed by atoms with E-state index in [0.717, 1.165) is 6.42 Å². The van der Waals surface area contributed by atoms with Gasteiger partial charge in [0.25, 0.3) is 5.95 Å². The van der Waals surface area contributed by atoms with Gasteiger partial charge < -0.3 is 13.9 Å². The number of hydrogen-bond donors (Lipinski definition) is 0. The molecule has 0 aliphatic rings. The second kappa shape index (κ2) is 8.25. The predicted octanol–water partition coefficient (Wildman–Crippen LogP) is 3.70. The summed E-state index contributed by atoms with van der Waals surface area (Å²) in [6.45, 7) is 14.7. The summed E-state index contributed by atoms with van der Waals surface area (Å²) in [5.74, 6) is 0.0740. The first-order valence-electron chi connectivity index (χ1n) is 6.99. The number of rotatable bonds is 8. The van der Waals surface area contributed by atoms with Crippen LogP contribution in [-0.2, 0) is 18.7 Å². The van der Waals surface area contributed by atoms with Gasteiger partial charge in [-0.05, 0) is 45.8 Å². The highest BCUT2D eigenvalue weighted by atomic mass is 28.4. The molecule has 4 nitrogen and oxygen atoms in total. The van der Waals surface area contributed by atoms with Gasteiger partial charge in [-0.3, -0.25) is 0 Å². The molecule has 5 heteroatoms. The Morgan fingerprint density at radius 3 is 1.95 bits per heavy atom. The molecular formula is C14H28O4Si. The molecule has 0 heterocycles. The second-order valence-electron chi connectivity index (χ2n) is 5.38. The fourth-order valence-corrected chi connectivity index (χ4v) is 2.20. The molecule has 0 bridgehead atoms. The minimum Gasteiger partial charge on any atom is -0.519 e. The zero-order valence-corrected chi connectivity index (χ0v) is 14.3. The third-order valence-electron chi connectivity index (χ3n) is 2.49. The molecule has 0 rings (SSSR count). The number of carbonyl (C=O) groups excluding carboxylic acids is 1. The van der Waals surface area contributed by atoms with Crippen LogP contribution in [0.4, 0.5) is 0 Å². The molecule has 0 saturated carbocycles. The van der Waals surface area contributed by atoms with E-state index < -0.39 is 8.32 Å². The first-order chi connectivity index (χ1) is 8.76. The monoisotopic (exact) mass is 288 g/mol. The maximum absolute atomic E-state index is 12.1. The molecular weight excluding hydrogens is 260 g/mol. The summed E-state index contributed by atoms with van der Waals surface area (Å²) in [5.41, 5.74) is 0.522. The van der Waals surface area contributed by atoms with Gasteiger partial charge in [-0.1, -0.05) is 13.8 Å². The molecule has 1 unspecified atom stereocenters. The Hall–Kier alpha value is -0.973. The molecule has 0 radical (unpaired) electrons. The first kappa shape index (κ1) is 18.0. The maximum Gasteiger partial charge on any atom is 0.341 e. The lowest BCUT2D eigenvalue weighted by atomic mass is 9.99. The van der Waals surface area contributed by atoms with Gasteiger partial charge in [0.2, 0.25) is 8.32 Å². The zero-order valence-electron chi connectivity index (χ0n) is 13.3. The van der Waals surface area contributed by atoms with Crippen molar-refractivity contribution in [1.82, 2.24) is 0 Å². The minimum absolute atomic E-state index is 0.0527. The summed E-state index contributed by atoms with van der Waals surface area (Å²) in [5, 5.41) is 0. The van der Waals surface area contributed by atoms with E-state index in [9.17, 15) is 4.79 Å². The average molecular weight is 288 g/mol. The molecule has 0 aliphatic heterocycles. The highest BCUT2D eigenvalue weighted by molar-refractivity contribution is 6.70. The normalized spacial score (nSPS) is 14.5. The van der Waals surface area contributed by atoms with Crippen molar-refractivity contribution >= 4 is 14.3 Å². The molecule has 112 valence electrons. The molecule has 19 heavy (non-hydrogen) atoms. The van der Waals surface area contributed by atoms with Crippen molar-refractivity contribution in [3.63, 3.8) is 0 Å². The van der Waals surface area contributed by atoms with Gasteiger partial charge in [-0.25, -0.2) is 4.79 Å². The number of ether oxygens (including phenoxy) is 2. The van der Waals surface area contributed by atoms with Gasteiger partial charge in [0.15, 0.2) is 0 Å². The van der Waals surface area contributed by atoms with Gasteiger partial charge >= 0.3 is 5.97 Å². The van der Waals surface area contributed by atoms with Crippen molar-refractivity contribution in [1.29, 1.82) is 0 Å². The lowest BCUT2D eigenvalue weighted by molar-refractivity contribution is -0.139. The van der Waals surface area contributed by atoms with Crippen LogP contribution in [0.3, 0.4) is 0 Å². The van der Waals surface area contributed by atoms with Crippen molar-refractivity contribution in [2.24, 2.45) is 5.92 Å². The van der Waals surface area contributed by atoms with Crippen LogP contribution in [0, 0.1) is 5.92 Å². The fourth-order valence-electron chi connectivity index (χ4n) is 1.47. The molecule has 0 spiro atoms. The lowest BCUT2D eigenvalue weighted by Gasteiger charge is -2.25. The summed E-state index contributed by atoms with van der Waals surface area (Å²) in [4.78, 5) is 12.1. The Labute approximate surface area is 118 Å². The fraction of sp³-hybridized carbons (Fsp3) is 0.786. The van der Waals surface area contributed by atoms with Crippen LogP contribution in [0.15, 0.2) is 11.5 Å². The Morgan fingerprint density at radius 1 is 1.05 bits per heavy atom. The van der Waals surface area contributed by atoms with Gasteiger partial charge in [0.05, 0.1) is 13.2 Å². The standard InChI is InChI=1S/C14H28O4Si/c1-8-11(4)12(13(15)16-9-2)14(17-10-3)18-19(5,6)7/h11H,8-10H2,1-7H3/b14-12+. The van der Waals surface area contributed by atoms with E-state index in [1.165, 1.54) is 0 Å². The third kappa shape index (κ3) is 6.66. The van der Waals surface area contributed by atoms with Crippen molar-refractivity contribution in [3.05, 3.63) is 11.5 Å². The van der Waals surface area contributed by atoms with Crippen LogP contribution in [0.2, 0.25) is 19.6 Å². The van der Waals surface area contributed by atoms with E-state index in [1.54, 1.807) is 6.92 Å². The Kier molecular flexibility index (Phi) is 7.83. The molecule has 0 saturated heterocycles. The van der Waals surface area contributed by atoms with Crippen molar-refractivity contribution in [2.45, 2.75) is 53.8 Å². The van der Waals surface area contributed by atoms with Crippen LogP contribution in [0.5, 0.6) is 0 Å². The lowest BCUT2D eigenvalue weighted by Crippen LogP contribution is -2.29. The van der Waals surface area contributed by atoms with E-state index in [-0.39, 0.29) is 11.9 Å². The number of esters is 1. The van der Waals surface area contributed by atoms with Crippen LogP contribution in [0.25, 0.3) is 0 Å².